The Kier molecular flexibility index (Phi) is 4.55. The van der Waals surface area contributed by atoms with Crippen molar-refractivity contribution in [2.75, 3.05) is 18.0 Å². The number of nitrogens with one attached hydrogen (secondary N) is 1. The maximum absolute atomic E-state index is 12.2. The molecule has 2 aromatic rings. The molecule has 0 spiro atoms. The SMILES string of the molecule is CCc1cc(N2CCCC(NC(=O)c3ccn(C)n3)C2)ncn1. The lowest BCUT2D eigenvalue weighted by Gasteiger charge is -2.33. The van der Waals surface area contributed by atoms with Gasteiger partial charge in [-0.25, -0.2) is 9.97 Å². The molecule has 0 aliphatic carbocycles. The molecule has 0 aromatic carbocycles. The van der Waals surface area contributed by atoms with Crippen LogP contribution in [0.1, 0.15) is 35.9 Å². The van der Waals surface area contributed by atoms with Crippen molar-refractivity contribution >= 4 is 11.7 Å². The lowest BCUT2D eigenvalue weighted by molar-refractivity contribution is 0.0927. The van der Waals surface area contributed by atoms with E-state index in [0.717, 1.165) is 43.9 Å². The molecule has 1 aliphatic heterocycles. The molecule has 1 unspecified atom stereocenters. The molecule has 0 bridgehead atoms. The van der Waals surface area contributed by atoms with Gasteiger partial charge in [0.25, 0.3) is 5.91 Å². The van der Waals surface area contributed by atoms with E-state index in [-0.39, 0.29) is 11.9 Å². The van der Waals surface area contributed by atoms with E-state index < -0.39 is 0 Å². The van der Waals surface area contributed by atoms with Crippen molar-refractivity contribution in [1.82, 2.24) is 25.1 Å². The van der Waals surface area contributed by atoms with Crippen LogP contribution in [0.3, 0.4) is 0 Å². The van der Waals surface area contributed by atoms with E-state index in [0.29, 0.717) is 5.69 Å². The number of piperidine rings is 1. The van der Waals surface area contributed by atoms with Gasteiger partial charge in [-0.05, 0) is 25.3 Å². The summed E-state index contributed by atoms with van der Waals surface area (Å²) in [6.07, 6.45) is 6.28. The van der Waals surface area contributed by atoms with Crippen molar-refractivity contribution in [3.63, 3.8) is 0 Å². The van der Waals surface area contributed by atoms with Gasteiger partial charge in [0.15, 0.2) is 0 Å². The van der Waals surface area contributed by atoms with Gasteiger partial charge in [-0.1, -0.05) is 6.92 Å². The van der Waals surface area contributed by atoms with E-state index >= 15 is 0 Å². The second-order valence-electron chi connectivity index (χ2n) is 5.85. The van der Waals surface area contributed by atoms with Crippen LogP contribution in [-0.4, -0.2) is 44.8 Å². The fourth-order valence-electron chi connectivity index (χ4n) is 2.85. The highest BCUT2D eigenvalue weighted by Crippen LogP contribution is 2.18. The summed E-state index contributed by atoms with van der Waals surface area (Å²) in [4.78, 5) is 23.1. The van der Waals surface area contributed by atoms with E-state index in [4.69, 9.17) is 0 Å². The summed E-state index contributed by atoms with van der Waals surface area (Å²) < 4.78 is 1.63. The molecule has 122 valence electrons. The third-order valence-electron chi connectivity index (χ3n) is 4.10. The monoisotopic (exact) mass is 314 g/mol. The number of aryl methyl sites for hydroxylation is 2. The van der Waals surface area contributed by atoms with Gasteiger partial charge < -0.3 is 10.2 Å². The van der Waals surface area contributed by atoms with Crippen LogP contribution in [0.2, 0.25) is 0 Å². The van der Waals surface area contributed by atoms with Gasteiger partial charge in [0, 0.05) is 44.1 Å². The molecule has 1 saturated heterocycles. The van der Waals surface area contributed by atoms with Gasteiger partial charge in [0.1, 0.15) is 17.8 Å². The van der Waals surface area contributed by atoms with Crippen LogP contribution < -0.4 is 10.2 Å². The number of hydrogen-bond acceptors (Lipinski definition) is 5. The first kappa shape index (κ1) is 15.5. The van der Waals surface area contributed by atoms with E-state index in [9.17, 15) is 4.79 Å². The largest absolute Gasteiger partial charge is 0.354 e. The molecule has 7 heteroatoms. The van der Waals surface area contributed by atoms with Crippen molar-refractivity contribution in [3.05, 3.63) is 36.0 Å². The van der Waals surface area contributed by atoms with E-state index in [2.05, 4.69) is 32.2 Å². The van der Waals surface area contributed by atoms with Gasteiger partial charge in [0.2, 0.25) is 0 Å². The number of nitrogens with zero attached hydrogens (tertiary/aromatic N) is 5. The number of aromatic nitrogens is 4. The molecule has 1 aliphatic rings. The average Bonchev–Trinajstić information content (AvgIpc) is 3.02. The zero-order chi connectivity index (χ0) is 16.2. The Morgan fingerprint density at radius 2 is 2.30 bits per heavy atom. The Labute approximate surface area is 135 Å². The number of amides is 1. The van der Waals surface area contributed by atoms with Crippen LogP contribution in [0.4, 0.5) is 5.82 Å². The summed E-state index contributed by atoms with van der Waals surface area (Å²) >= 11 is 0. The number of carbonyl (C=O) groups excluding carboxylic acids is 1. The van der Waals surface area contributed by atoms with Crippen LogP contribution in [0.15, 0.2) is 24.7 Å². The Morgan fingerprint density at radius 3 is 3.04 bits per heavy atom. The van der Waals surface area contributed by atoms with Gasteiger partial charge in [-0.3, -0.25) is 9.48 Å². The molecule has 0 radical (unpaired) electrons. The first-order valence-electron chi connectivity index (χ1n) is 8.02. The van der Waals surface area contributed by atoms with Crippen molar-refractivity contribution < 1.29 is 4.79 Å². The highest BCUT2D eigenvalue weighted by Gasteiger charge is 2.23. The molecule has 3 heterocycles. The minimum atomic E-state index is -0.116. The maximum atomic E-state index is 12.2. The fraction of sp³-hybridized carbons (Fsp3) is 0.500. The summed E-state index contributed by atoms with van der Waals surface area (Å²) in [6, 6.07) is 3.87. The van der Waals surface area contributed by atoms with Crippen LogP contribution in [0.5, 0.6) is 0 Å². The molecule has 7 nitrogen and oxygen atoms in total. The zero-order valence-electron chi connectivity index (χ0n) is 13.6. The molecule has 0 saturated carbocycles. The minimum absolute atomic E-state index is 0.110. The normalized spacial score (nSPS) is 18.0. The first-order chi connectivity index (χ1) is 11.2. The Bertz CT molecular complexity index is 683. The second-order valence-corrected chi connectivity index (χ2v) is 5.85. The minimum Gasteiger partial charge on any atom is -0.354 e. The summed E-state index contributed by atoms with van der Waals surface area (Å²) in [5.74, 6) is 0.822. The van der Waals surface area contributed by atoms with Gasteiger partial charge in [-0.15, -0.1) is 0 Å². The van der Waals surface area contributed by atoms with Crippen LogP contribution in [0, 0.1) is 0 Å². The van der Waals surface area contributed by atoms with Crippen LogP contribution in [-0.2, 0) is 13.5 Å². The number of carbonyl (C=O) groups is 1. The molecule has 3 rings (SSSR count). The molecular weight excluding hydrogens is 292 g/mol. The predicted molar refractivity (Wildman–Crippen MR) is 87.3 cm³/mol. The van der Waals surface area contributed by atoms with E-state index in [1.54, 1.807) is 30.3 Å². The molecular formula is C16H22N6O. The average molecular weight is 314 g/mol. The van der Waals surface area contributed by atoms with Crippen LogP contribution >= 0.6 is 0 Å². The number of rotatable bonds is 4. The molecule has 1 atom stereocenters. The second kappa shape index (κ2) is 6.76. The molecule has 2 aromatic heterocycles. The summed E-state index contributed by atoms with van der Waals surface area (Å²) in [5.41, 5.74) is 1.49. The Balaban J connectivity index is 1.64. The first-order valence-corrected chi connectivity index (χ1v) is 8.02. The summed E-state index contributed by atoms with van der Waals surface area (Å²) in [7, 11) is 1.81. The van der Waals surface area contributed by atoms with Crippen molar-refractivity contribution in [3.8, 4) is 0 Å². The Hall–Kier alpha value is -2.44. The summed E-state index contributed by atoms with van der Waals surface area (Å²) in [6.45, 7) is 3.80. The van der Waals surface area contributed by atoms with Gasteiger partial charge in [-0.2, -0.15) is 5.10 Å². The van der Waals surface area contributed by atoms with E-state index in [1.165, 1.54) is 0 Å². The number of anilines is 1. The summed E-state index contributed by atoms with van der Waals surface area (Å²) in [5, 5.41) is 7.22. The zero-order valence-corrected chi connectivity index (χ0v) is 13.6. The van der Waals surface area contributed by atoms with Crippen molar-refractivity contribution in [2.24, 2.45) is 7.05 Å². The maximum Gasteiger partial charge on any atom is 0.272 e. The van der Waals surface area contributed by atoms with Crippen LogP contribution in [0.25, 0.3) is 0 Å². The topological polar surface area (TPSA) is 75.9 Å². The standard InChI is InChI=1S/C16H22N6O/c1-3-12-9-15(18-11-17-12)22-7-4-5-13(10-22)19-16(23)14-6-8-21(2)20-14/h6,8-9,11,13H,3-5,7,10H2,1-2H3,(H,19,23). The molecule has 1 amide bonds. The van der Waals surface area contributed by atoms with Gasteiger partial charge in [0.05, 0.1) is 0 Å². The highest BCUT2D eigenvalue weighted by molar-refractivity contribution is 5.92. The van der Waals surface area contributed by atoms with Crippen molar-refractivity contribution in [1.29, 1.82) is 0 Å². The number of hydrogen-bond donors (Lipinski definition) is 1. The Morgan fingerprint density at radius 1 is 1.43 bits per heavy atom. The van der Waals surface area contributed by atoms with Gasteiger partial charge >= 0.3 is 0 Å². The molecule has 1 N–H and O–H groups in total. The van der Waals surface area contributed by atoms with E-state index in [1.807, 2.05) is 6.07 Å². The predicted octanol–water partition coefficient (Wildman–Crippen LogP) is 1.17. The lowest BCUT2D eigenvalue weighted by atomic mass is 10.1. The smallest absolute Gasteiger partial charge is 0.272 e. The molecule has 1 fully saturated rings. The van der Waals surface area contributed by atoms with Crippen molar-refractivity contribution in [2.45, 2.75) is 32.2 Å². The third-order valence-corrected chi connectivity index (χ3v) is 4.10. The third kappa shape index (κ3) is 3.67. The lowest BCUT2D eigenvalue weighted by Crippen LogP contribution is -2.48. The fourth-order valence-corrected chi connectivity index (χ4v) is 2.85. The molecule has 23 heavy (non-hydrogen) atoms. The quantitative estimate of drug-likeness (QED) is 0.917. The highest BCUT2D eigenvalue weighted by atomic mass is 16.2.